The first-order valence-electron chi connectivity index (χ1n) is 8.97. The fraction of sp³-hybridized carbons (Fsp3) is 0.409. The van der Waals surface area contributed by atoms with Crippen LogP contribution in [0.25, 0.3) is 0 Å². The van der Waals surface area contributed by atoms with Crippen LogP contribution < -0.4 is 0 Å². The van der Waals surface area contributed by atoms with Gasteiger partial charge < -0.3 is 0 Å². The molecule has 1 aliphatic heterocycles. The highest BCUT2D eigenvalue weighted by molar-refractivity contribution is 5.83. The number of benzene rings is 2. The van der Waals surface area contributed by atoms with Gasteiger partial charge in [-0.25, -0.2) is 0 Å². The van der Waals surface area contributed by atoms with Gasteiger partial charge in [-0.05, 0) is 61.4 Å². The van der Waals surface area contributed by atoms with Gasteiger partial charge in [-0.1, -0.05) is 48.5 Å². The van der Waals surface area contributed by atoms with Crippen molar-refractivity contribution in [2.24, 2.45) is 0 Å². The molecule has 1 aliphatic rings. The van der Waals surface area contributed by atoms with Gasteiger partial charge in [-0.15, -0.1) is 0 Å². The first-order valence-corrected chi connectivity index (χ1v) is 8.97. The van der Waals surface area contributed by atoms with E-state index >= 15 is 0 Å². The zero-order chi connectivity index (χ0) is 16.9. The van der Waals surface area contributed by atoms with E-state index in [0.717, 1.165) is 13.1 Å². The first-order chi connectivity index (χ1) is 11.6. The van der Waals surface area contributed by atoms with E-state index in [0.29, 0.717) is 24.7 Å². The molecule has 0 saturated carbocycles. The average Bonchev–Trinajstić information content (AvgIpc) is 2.59. The Labute approximate surface area is 145 Å². The Hall–Kier alpha value is -1.93. The summed E-state index contributed by atoms with van der Waals surface area (Å²) in [6.45, 7) is 6.82. The number of ketones is 1. The molecule has 2 nitrogen and oxygen atoms in total. The lowest BCUT2D eigenvalue weighted by atomic mass is 9.90. The predicted octanol–water partition coefficient (Wildman–Crippen LogP) is 4.29. The number of carbonyl (C=O) groups excluding carboxylic acids is 1. The number of carbonyl (C=O) groups is 1. The molecule has 2 heteroatoms. The maximum atomic E-state index is 12.6. The van der Waals surface area contributed by atoms with Crippen LogP contribution in [0.1, 0.15) is 41.0 Å². The van der Waals surface area contributed by atoms with Crippen LogP contribution in [0.4, 0.5) is 0 Å². The lowest BCUT2D eigenvalue weighted by molar-refractivity contribution is -0.119. The second kappa shape index (κ2) is 7.76. The summed E-state index contributed by atoms with van der Waals surface area (Å²) in [5.41, 5.74) is 5.07. The Balaban J connectivity index is 1.60. The topological polar surface area (TPSA) is 20.3 Å². The van der Waals surface area contributed by atoms with Crippen LogP contribution in [0.2, 0.25) is 0 Å². The lowest BCUT2D eigenvalue weighted by Crippen LogP contribution is -2.38. The Morgan fingerprint density at radius 3 is 2.46 bits per heavy atom. The number of piperidine rings is 1. The van der Waals surface area contributed by atoms with E-state index in [1.165, 1.54) is 35.1 Å². The molecule has 0 aliphatic carbocycles. The van der Waals surface area contributed by atoms with E-state index in [4.69, 9.17) is 0 Å². The van der Waals surface area contributed by atoms with Crippen molar-refractivity contribution < 1.29 is 4.79 Å². The highest BCUT2D eigenvalue weighted by Crippen LogP contribution is 2.26. The molecule has 0 bridgehead atoms. The monoisotopic (exact) mass is 321 g/mol. The Morgan fingerprint density at radius 2 is 1.75 bits per heavy atom. The number of rotatable bonds is 5. The largest absolute Gasteiger partial charge is 0.298 e. The SMILES string of the molecule is Cc1cccc(C)c1CC(=O)CN1CCCC(c2ccccc2)C1. The van der Waals surface area contributed by atoms with Gasteiger partial charge in [-0.2, -0.15) is 0 Å². The number of nitrogens with zero attached hydrogens (tertiary/aromatic N) is 1. The second-order valence-electron chi connectivity index (χ2n) is 7.07. The normalized spacial score (nSPS) is 18.5. The highest BCUT2D eigenvalue weighted by atomic mass is 16.1. The third kappa shape index (κ3) is 4.12. The van der Waals surface area contributed by atoms with Crippen LogP contribution in [-0.2, 0) is 11.2 Å². The number of Topliss-reactive ketones (excluding diaryl/α,β-unsaturated/α-hetero) is 1. The van der Waals surface area contributed by atoms with Crippen molar-refractivity contribution in [1.82, 2.24) is 4.90 Å². The van der Waals surface area contributed by atoms with E-state index in [1.807, 2.05) is 0 Å². The number of hydrogen-bond acceptors (Lipinski definition) is 2. The van der Waals surface area contributed by atoms with Crippen molar-refractivity contribution in [2.45, 2.75) is 39.0 Å². The molecule has 2 aromatic rings. The van der Waals surface area contributed by atoms with Crippen LogP contribution in [0.15, 0.2) is 48.5 Å². The van der Waals surface area contributed by atoms with Crippen LogP contribution in [0.3, 0.4) is 0 Å². The lowest BCUT2D eigenvalue weighted by Gasteiger charge is -2.32. The molecule has 24 heavy (non-hydrogen) atoms. The summed E-state index contributed by atoms with van der Waals surface area (Å²) in [6.07, 6.45) is 2.97. The Morgan fingerprint density at radius 1 is 1.04 bits per heavy atom. The van der Waals surface area contributed by atoms with E-state index in [9.17, 15) is 4.79 Å². The van der Waals surface area contributed by atoms with Crippen LogP contribution in [0.5, 0.6) is 0 Å². The molecule has 1 atom stereocenters. The Kier molecular flexibility index (Phi) is 5.47. The van der Waals surface area contributed by atoms with Crippen LogP contribution >= 0.6 is 0 Å². The molecule has 3 rings (SSSR count). The first kappa shape index (κ1) is 16.9. The van der Waals surface area contributed by atoms with Crippen molar-refractivity contribution in [3.63, 3.8) is 0 Å². The molecular formula is C22H27NO. The minimum absolute atomic E-state index is 0.334. The van der Waals surface area contributed by atoms with Crippen LogP contribution in [-0.4, -0.2) is 30.3 Å². The molecule has 1 unspecified atom stereocenters. The van der Waals surface area contributed by atoms with Gasteiger partial charge >= 0.3 is 0 Å². The maximum absolute atomic E-state index is 12.6. The van der Waals surface area contributed by atoms with Gasteiger partial charge in [0.25, 0.3) is 0 Å². The molecule has 0 aromatic heterocycles. The number of likely N-dealkylation sites (tertiary alicyclic amines) is 1. The minimum atomic E-state index is 0.334. The van der Waals surface area contributed by atoms with Gasteiger partial charge in [-0.3, -0.25) is 9.69 Å². The van der Waals surface area contributed by atoms with Gasteiger partial charge in [0.2, 0.25) is 0 Å². The van der Waals surface area contributed by atoms with Gasteiger partial charge in [0.1, 0.15) is 0 Å². The van der Waals surface area contributed by atoms with E-state index in [2.05, 4.69) is 67.3 Å². The van der Waals surface area contributed by atoms with Crippen molar-refractivity contribution in [1.29, 1.82) is 0 Å². The fourth-order valence-electron chi connectivity index (χ4n) is 3.83. The number of hydrogen-bond donors (Lipinski definition) is 0. The molecule has 0 radical (unpaired) electrons. The fourth-order valence-corrected chi connectivity index (χ4v) is 3.83. The predicted molar refractivity (Wildman–Crippen MR) is 99.5 cm³/mol. The molecule has 1 fully saturated rings. The smallest absolute Gasteiger partial charge is 0.151 e. The molecule has 0 N–H and O–H groups in total. The van der Waals surface area contributed by atoms with Crippen molar-refractivity contribution in [3.8, 4) is 0 Å². The summed E-state index contributed by atoms with van der Waals surface area (Å²) in [5.74, 6) is 0.897. The quantitative estimate of drug-likeness (QED) is 0.818. The highest BCUT2D eigenvalue weighted by Gasteiger charge is 2.23. The zero-order valence-corrected chi connectivity index (χ0v) is 14.8. The summed E-state index contributed by atoms with van der Waals surface area (Å²) in [5, 5.41) is 0. The third-order valence-corrected chi connectivity index (χ3v) is 5.19. The molecule has 2 aromatic carbocycles. The molecule has 126 valence electrons. The molecule has 0 amide bonds. The van der Waals surface area contributed by atoms with E-state index < -0.39 is 0 Å². The summed E-state index contributed by atoms with van der Waals surface area (Å²) in [7, 11) is 0. The van der Waals surface area contributed by atoms with E-state index in [1.54, 1.807) is 0 Å². The maximum Gasteiger partial charge on any atom is 0.151 e. The van der Waals surface area contributed by atoms with Gasteiger partial charge in [0.05, 0.1) is 6.54 Å². The molecule has 0 spiro atoms. The third-order valence-electron chi connectivity index (χ3n) is 5.19. The average molecular weight is 321 g/mol. The van der Waals surface area contributed by atoms with Gasteiger partial charge in [0.15, 0.2) is 5.78 Å². The molecule has 1 heterocycles. The van der Waals surface area contributed by atoms with Crippen molar-refractivity contribution >= 4 is 5.78 Å². The van der Waals surface area contributed by atoms with Crippen molar-refractivity contribution in [2.75, 3.05) is 19.6 Å². The van der Waals surface area contributed by atoms with E-state index in [-0.39, 0.29) is 0 Å². The molecule has 1 saturated heterocycles. The summed E-state index contributed by atoms with van der Waals surface area (Å²) in [6, 6.07) is 17.0. The minimum Gasteiger partial charge on any atom is -0.298 e. The van der Waals surface area contributed by atoms with Gasteiger partial charge in [0, 0.05) is 13.0 Å². The standard InChI is InChI=1S/C22H27NO/c1-17-8-6-9-18(2)22(17)14-21(24)16-23-13-7-12-20(15-23)19-10-4-3-5-11-19/h3-6,8-11,20H,7,12-16H2,1-2H3. The summed E-state index contributed by atoms with van der Waals surface area (Å²) < 4.78 is 0. The molecular weight excluding hydrogens is 294 g/mol. The zero-order valence-electron chi connectivity index (χ0n) is 14.8. The second-order valence-corrected chi connectivity index (χ2v) is 7.07. The van der Waals surface area contributed by atoms with Crippen LogP contribution in [0, 0.1) is 13.8 Å². The summed E-state index contributed by atoms with van der Waals surface area (Å²) in [4.78, 5) is 14.9. The summed E-state index contributed by atoms with van der Waals surface area (Å²) >= 11 is 0. The number of aryl methyl sites for hydroxylation is 2. The van der Waals surface area contributed by atoms with Crippen molar-refractivity contribution in [3.05, 3.63) is 70.8 Å². The Bertz CT molecular complexity index is 672.